The summed E-state index contributed by atoms with van der Waals surface area (Å²) < 4.78 is 3.37. The van der Waals surface area contributed by atoms with Gasteiger partial charge in [-0.15, -0.1) is 0 Å². The van der Waals surface area contributed by atoms with Crippen molar-refractivity contribution >= 4 is 66.7 Å². The van der Waals surface area contributed by atoms with E-state index in [-0.39, 0.29) is 0 Å². The van der Waals surface area contributed by atoms with Crippen molar-refractivity contribution in [2.24, 2.45) is 0 Å². The minimum atomic E-state index is -2.65. The molecule has 0 saturated heterocycles. The SMILES string of the molecule is Brc1ccc([Si](c2ccccc2)(c2ccccc2)c2ccc3c(c2)c2cccnc2n3-c2ccccc2)cc1. The number of hydrogen-bond donors (Lipinski definition) is 0. The molecule has 7 aromatic rings. The molecule has 2 aromatic heterocycles. The van der Waals surface area contributed by atoms with E-state index >= 15 is 0 Å². The Balaban J connectivity index is 1.61. The van der Waals surface area contributed by atoms with Crippen molar-refractivity contribution in [3.8, 4) is 5.69 Å². The third-order valence-corrected chi connectivity index (χ3v) is 13.0. The van der Waals surface area contributed by atoms with Gasteiger partial charge in [0.05, 0.1) is 5.52 Å². The van der Waals surface area contributed by atoms with Crippen molar-refractivity contribution in [1.29, 1.82) is 0 Å². The molecule has 2 nitrogen and oxygen atoms in total. The summed E-state index contributed by atoms with van der Waals surface area (Å²) in [6.45, 7) is 0. The second-order valence-electron chi connectivity index (χ2n) is 9.77. The van der Waals surface area contributed by atoms with Gasteiger partial charge in [-0.1, -0.05) is 119 Å². The molecule has 0 saturated carbocycles. The summed E-state index contributed by atoms with van der Waals surface area (Å²) in [5, 5.41) is 7.82. The van der Waals surface area contributed by atoms with E-state index in [0.29, 0.717) is 0 Å². The Labute approximate surface area is 237 Å². The summed E-state index contributed by atoms with van der Waals surface area (Å²) in [6.07, 6.45) is 1.89. The number of rotatable bonds is 5. The Morgan fingerprint density at radius 2 is 1.08 bits per heavy atom. The van der Waals surface area contributed by atoms with Crippen molar-refractivity contribution in [2.75, 3.05) is 0 Å². The Kier molecular flexibility index (Phi) is 5.99. The number of hydrogen-bond acceptors (Lipinski definition) is 1. The average Bonchev–Trinajstić information content (AvgIpc) is 3.34. The average molecular weight is 582 g/mol. The van der Waals surface area contributed by atoms with E-state index < -0.39 is 8.07 Å². The molecule has 0 aliphatic carbocycles. The van der Waals surface area contributed by atoms with Crippen molar-refractivity contribution in [3.05, 3.63) is 156 Å². The summed E-state index contributed by atoms with van der Waals surface area (Å²) in [6, 6.07) is 52.9. The zero-order chi connectivity index (χ0) is 26.2. The largest absolute Gasteiger partial charge is 0.294 e. The molecule has 0 spiro atoms. The minimum absolute atomic E-state index is 0.978. The maximum Gasteiger partial charge on any atom is 0.179 e. The quantitative estimate of drug-likeness (QED) is 0.172. The van der Waals surface area contributed by atoms with Crippen LogP contribution < -0.4 is 20.7 Å². The molecule has 0 N–H and O–H groups in total. The third kappa shape index (κ3) is 3.87. The molecule has 5 aromatic carbocycles. The molecule has 0 fully saturated rings. The van der Waals surface area contributed by atoms with Crippen molar-refractivity contribution < 1.29 is 0 Å². The van der Waals surface area contributed by atoms with E-state index in [1.807, 2.05) is 12.3 Å². The lowest BCUT2D eigenvalue weighted by Crippen LogP contribution is -2.74. The molecule has 7 rings (SSSR count). The third-order valence-electron chi connectivity index (χ3n) is 7.66. The summed E-state index contributed by atoms with van der Waals surface area (Å²) in [5.41, 5.74) is 3.26. The van der Waals surface area contributed by atoms with Crippen LogP contribution in [0, 0.1) is 0 Å². The van der Waals surface area contributed by atoms with Crippen LogP contribution in [0.25, 0.3) is 27.6 Å². The number of pyridine rings is 1. The van der Waals surface area contributed by atoms with Gasteiger partial charge in [0.1, 0.15) is 5.65 Å². The number of nitrogens with zero attached hydrogens (tertiary/aromatic N) is 2. The fraction of sp³-hybridized carbons (Fsp3) is 0. The van der Waals surface area contributed by atoms with Crippen LogP contribution in [0.3, 0.4) is 0 Å². The van der Waals surface area contributed by atoms with Gasteiger partial charge >= 0.3 is 0 Å². The lowest BCUT2D eigenvalue weighted by molar-refractivity contribution is 1.14. The summed E-state index contributed by atoms with van der Waals surface area (Å²) in [4.78, 5) is 4.84. The van der Waals surface area contributed by atoms with Crippen LogP contribution in [0.2, 0.25) is 0 Å². The van der Waals surface area contributed by atoms with E-state index in [1.165, 1.54) is 31.6 Å². The molecule has 0 amide bonds. The lowest BCUT2D eigenvalue weighted by atomic mass is 10.2. The van der Waals surface area contributed by atoms with Crippen LogP contribution in [0.15, 0.2) is 156 Å². The maximum atomic E-state index is 4.84. The molecule has 0 aliphatic rings. The zero-order valence-electron chi connectivity index (χ0n) is 21.2. The molecule has 0 aliphatic heterocycles. The minimum Gasteiger partial charge on any atom is -0.294 e. The van der Waals surface area contributed by atoms with Crippen LogP contribution in [-0.4, -0.2) is 17.6 Å². The van der Waals surface area contributed by atoms with Gasteiger partial charge in [-0.3, -0.25) is 4.57 Å². The predicted molar refractivity (Wildman–Crippen MR) is 170 cm³/mol. The van der Waals surface area contributed by atoms with Gasteiger partial charge in [-0.05, 0) is 63.2 Å². The standard InChI is InChI=1S/C35H25BrN2Si/c36-26-18-20-30(21-19-26)39(28-13-6-2-7-14-28,29-15-8-3-9-16-29)31-22-23-34-33(25-31)32-17-10-24-37-35(32)38(34)27-11-4-1-5-12-27/h1-25H. The Morgan fingerprint density at radius 1 is 0.513 bits per heavy atom. The fourth-order valence-corrected chi connectivity index (χ4v) is 11.0. The van der Waals surface area contributed by atoms with Crippen molar-refractivity contribution in [1.82, 2.24) is 9.55 Å². The Hall–Kier alpha value is -4.25. The first-order valence-corrected chi connectivity index (χ1v) is 15.9. The van der Waals surface area contributed by atoms with E-state index in [0.717, 1.165) is 21.2 Å². The van der Waals surface area contributed by atoms with E-state index in [1.54, 1.807) is 0 Å². The first kappa shape index (κ1) is 23.8. The number of benzene rings is 5. The number of fused-ring (bicyclic) bond motifs is 3. The van der Waals surface area contributed by atoms with Crippen LogP contribution in [0.5, 0.6) is 0 Å². The highest BCUT2D eigenvalue weighted by molar-refractivity contribution is 9.10. The van der Waals surface area contributed by atoms with Gasteiger partial charge in [0, 0.05) is 27.1 Å². The van der Waals surface area contributed by atoms with Crippen LogP contribution in [-0.2, 0) is 0 Å². The predicted octanol–water partition coefficient (Wildman–Crippen LogP) is 6.32. The Morgan fingerprint density at radius 3 is 1.72 bits per heavy atom. The number of aromatic nitrogens is 2. The van der Waals surface area contributed by atoms with Crippen molar-refractivity contribution in [3.63, 3.8) is 0 Å². The van der Waals surface area contributed by atoms with Gasteiger partial charge < -0.3 is 0 Å². The van der Waals surface area contributed by atoms with Crippen molar-refractivity contribution in [2.45, 2.75) is 0 Å². The molecule has 0 atom stereocenters. The molecule has 0 radical (unpaired) electrons. The maximum absolute atomic E-state index is 4.84. The van der Waals surface area contributed by atoms with E-state index in [9.17, 15) is 0 Å². The molecular weight excluding hydrogens is 556 g/mol. The summed E-state index contributed by atoms with van der Waals surface area (Å²) in [7, 11) is -2.65. The molecule has 0 bridgehead atoms. The highest BCUT2D eigenvalue weighted by atomic mass is 79.9. The molecule has 4 heteroatoms. The monoisotopic (exact) mass is 580 g/mol. The number of para-hydroxylation sites is 1. The zero-order valence-corrected chi connectivity index (χ0v) is 23.8. The lowest BCUT2D eigenvalue weighted by Gasteiger charge is -2.34. The normalized spacial score (nSPS) is 11.7. The van der Waals surface area contributed by atoms with Crippen LogP contribution in [0.4, 0.5) is 0 Å². The van der Waals surface area contributed by atoms with Crippen LogP contribution >= 0.6 is 15.9 Å². The highest BCUT2D eigenvalue weighted by Crippen LogP contribution is 2.30. The smallest absolute Gasteiger partial charge is 0.179 e. The second-order valence-corrected chi connectivity index (χ2v) is 14.5. The summed E-state index contributed by atoms with van der Waals surface area (Å²) in [5.74, 6) is 0. The van der Waals surface area contributed by atoms with E-state index in [2.05, 4.69) is 160 Å². The first-order chi connectivity index (χ1) is 19.3. The molecule has 186 valence electrons. The van der Waals surface area contributed by atoms with Gasteiger partial charge in [-0.2, -0.15) is 0 Å². The highest BCUT2D eigenvalue weighted by Gasteiger charge is 2.41. The van der Waals surface area contributed by atoms with Gasteiger partial charge in [0.2, 0.25) is 0 Å². The molecule has 0 unspecified atom stereocenters. The van der Waals surface area contributed by atoms with Gasteiger partial charge in [0.25, 0.3) is 0 Å². The molecule has 2 heterocycles. The topological polar surface area (TPSA) is 17.8 Å². The molecule has 39 heavy (non-hydrogen) atoms. The van der Waals surface area contributed by atoms with Crippen LogP contribution in [0.1, 0.15) is 0 Å². The van der Waals surface area contributed by atoms with E-state index in [4.69, 9.17) is 4.98 Å². The Bertz CT molecular complexity index is 1860. The second kappa shape index (κ2) is 9.81. The number of halogens is 1. The fourth-order valence-electron chi connectivity index (χ4n) is 5.99. The molecular formula is C35H25BrN2Si. The first-order valence-electron chi connectivity index (χ1n) is 13.1. The van der Waals surface area contributed by atoms with Gasteiger partial charge in [0.15, 0.2) is 8.07 Å². The summed E-state index contributed by atoms with van der Waals surface area (Å²) >= 11 is 3.67. The van der Waals surface area contributed by atoms with Gasteiger partial charge in [-0.25, -0.2) is 4.98 Å².